The van der Waals surface area contributed by atoms with E-state index in [4.69, 9.17) is 5.73 Å². The first kappa shape index (κ1) is 13.3. The predicted octanol–water partition coefficient (Wildman–Crippen LogP) is 3.08. The summed E-state index contributed by atoms with van der Waals surface area (Å²) in [6, 6.07) is 8.06. The first-order valence-electron chi connectivity index (χ1n) is 6.77. The van der Waals surface area contributed by atoms with Crippen LogP contribution in [0.25, 0.3) is 0 Å². The first-order valence-corrected chi connectivity index (χ1v) is 6.77. The third kappa shape index (κ3) is 3.07. The molecule has 0 spiro atoms. The number of benzene rings is 1. The minimum absolute atomic E-state index is 0.0974. The fourth-order valence-electron chi connectivity index (χ4n) is 1.94. The van der Waals surface area contributed by atoms with Gasteiger partial charge in [0.25, 0.3) is 0 Å². The molecule has 0 aliphatic heterocycles. The fourth-order valence-corrected chi connectivity index (χ4v) is 1.94. The molecule has 3 rings (SSSR count). The van der Waals surface area contributed by atoms with Gasteiger partial charge in [-0.05, 0) is 37.1 Å². The summed E-state index contributed by atoms with van der Waals surface area (Å²) in [5.74, 6) is 0.791. The van der Waals surface area contributed by atoms with E-state index < -0.39 is 0 Å². The molecule has 1 aromatic heterocycles. The molecule has 7 heteroatoms. The summed E-state index contributed by atoms with van der Waals surface area (Å²) in [5, 5.41) is 9.26. The number of nitrogens with one attached hydrogen (secondary N) is 2. The zero-order chi connectivity index (χ0) is 14.8. The second-order valence-corrected chi connectivity index (χ2v) is 5.13. The summed E-state index contributed by atoms with van der Waals surface area (Å²) in [5.41, 5.74) is 7.81. The maximum absolute atomic E-state index is 11.2. The number of nitrogens with two attached hydrogens (primary N) is 1. The number of nitrogens with zero attached hydrogens (tertiary/aromatic N) is 3. The van der Waals surface area contributed by atoms with E-state index in [1.807, 2.05) is 31.2 Å². The molecule has 4 N–H and O–H groups in total. The molecule has 1 fully saturated rings. The number of anilines is 4. The lowest BCUT2D eigenvalue weighted by molar-refractivity contribution is 1.09. The molecule has 0 saturated heterocycles. The van der Waals surface area contributed by atoms with Crippen molar-refractivity contribution >= 4 is 29.0 Å². The molecular weight excluding hydrogens is 268 g/mol. The van der Waals surface area contributed by atoms with E-state index in [9.17, 15) is 4.91 Å². The van der Waals surface area contributed by atoms with Gasteiger partial charge in [0.2, 0.25) is 5.95 Å². The molecule has 7 nitrogen and oxygen atoms in total. The lowest BCUT2D eigenvalue weighted by atomic mass is 10.2. The van der Waals surface area contributed by atoms with E-state index in [-0.39, 0.29) is 11.6 Å². The lowest BCUT2D eigenvalue weighted by Crippen LogP contribution is -2.08. The third-order valence-electron chi connectivity index (χ3n) is 3.23. The zero-order valence-electron chi connectivity index (χ0n) is 11.6. The summed E-state index contributed by atoms with van der Waals surface area (Å²) >= 11 is 0. The van der Waals surface area contributed by atoms with Crippen LogP contribution in [0.3, 0.4) is 0 Å². The van der Waals surface area contributed by atoms with Gasteiger partial charge in [0.1, 0.15) is 0 Å². The summed E-state index contributed by atoms with van der Waals surface area (Å²) in [4.78, 5) is 19.3. The standard InChI is InChI=1S/C14H16N6O/c1-8-2-4-9(5-3-8)16-12-11(20-21)13(17-10-6-7-10)19-14(15)18-12/h2-5,10H,6-7H2,1H3,(H4,15,16,17,18,19). The van der Waals surface area contributed by atoms with Gasteiger partial charge >= 0.3 is 0 Å². The number of hydrogen-bond acceptors (Lipinski definition) is 7. The average Bonchev–Trinajstić information content (AvgIpc) is 3.25. The highest BCUT2D eigenvalue weighted by Crippen LogP contribution is 2.36. The Morgan fingerprint density at radius 1 is 1.19 bits per heavy atom. The minimum atomic E-state index is 0.0974. The van der Waals surface area contributed by atoms with Gasteiger partial charge in [-0.25, -0.2) is 0 Å². The van der Waals surface area contributed by atoms with E-state index in [0.717, 1.165) is 24.1 Å². The van der Waals surface area contributed by atoms with Crippen molar-refractivity contribution in [2.75, 3.05) is 16.4 Å². The predicted molar refractivity (Wildman–Crippen MR) is 83.0 cm³/mol. The number of nitrogen functional groups attached to an aromatic ring is 1. The second kappa shape index (κ2) is 5.35. The highest BCUT2D eigenvalue weighted by atomic mass is 16.3. The van der Waals surface area contributed by atoms with Crippen LogP contribution in [0.5, 0.6) is 0 Å². The Balaban J connectivity index is 1.93. The van der Waals surface area contributed by atoms with E-state index in [2.05, 4.69) is 25.8 Å². The van der Waals surface area contributed by atoms with Gasteiger partial charge in [-0.1, -0.05) is 17.7 Å². The van der Waals surface area contributed by atoms with Crippen LogP contribution in [0.2, 0.25) is 0 Å². The number of aromatic nitrogens is 2. The van der Waals surface area contributed by atoms with Crippen molar-refractivity contribution in [3.8, 4) is 0 Å². The van der Waals surface area contributed by atoms with Crippen LogP contribution in [0.1, 0.15) is 18.4 Å². The van der Waals surface area contributed by atoms with Crippen molar-refractivity contribution in [3.63, 3.8) is 0 Å². The van der Waals surface area contributed by atoms with Crippen LogP contribution >= 0.6 is 0 Å². The molecule has 0 atom stereocenters. The van der Waals surface area contributed by atoms with Gasteiger partial charge in [-0.2, -0.15) is 9.97 Å². The molecule has 0 bridgehead atoms. The Morgan fingerprint density at radius 2 is 1.86 bits per heavy atom. The maximum Gasteiger partial charge on any atom is 0.224 e. The monoisotopic (exact) mass is 284 g/mol. The maximum atomic E-state index is 11.2. The fraction of sp³-hybridized carbons (Fsp3) is 0.286. The van der Waals surface area contributed by atoms with E-state index in [0.29, 0.717) is 17.7 Å². The van der Waals surface area contributed by atoms with Crippen molar-refractivity contribution in [1.29, 1.82) is 0 Å². The van der Waals surface area contributed by atoms with Crippen molar-refractivity contribution in [2.45, 2.75) is 25.8 Å². The summed E-state index contributed by atoms with van der Waals surface area (Å²) < 4.78 is 0. The van der Waals surface area contributed by atoms with Gasteiger partial charge in [0.15, 0.2) is 17.3 Å². The second-order valence-electron chi connectivity index (χ2n) is 5.13. The number of nitroso groups, excluding NO2 is 1. The van der Waals surface area contributed by atoms with Gasteiger partial charge < -0.3 is 16.4 Å². The Bertz CT molecular complexity index is 666. The van der Waals surface area contributed by atoms with Crippen molar-refractivity contribution < 1.29 is 0 Å². The van der Waals surface area contributed by atoms with E-state index in [1.54, 1.807) is 0 Å². The molecule has 2 aromatic rings. The third-order valence-corrected chi connectivity index (χ3v) is 3.23. The summed E-state index contributed by atoms with van der Waals surface area (Å²) in [6.45, 7) is 2.00. The zero-order valence-corrected chi connectivity index (χ0v) is 11.6. The van der Waals surface area contributed by atoms with Crippen molar-refractivity contribution in [1.82, 2.24) is 9.97 Å². The number of hydrogen-bond donors (Lipinski definition) is 3. The van der Waals surface area contributed by atoms with E-state index >= 15 is 0 Å². The molecule has 1 saturated carbocycles. The van der Waals surface area contributed by atoms with Gasteiger partial charge in [0, 0.05) is 11.7 Å². The molecule has 0 unspecified atom stereocenters. The SMILES string of the molecule is Cc1ccc(Nc2nc(N)nc(NC3CC3)c2N=O)cc1. The molecule has 1 aliphatic rings. The highest BCUT2D eigenvalue weighted by Gasteiger charge is 2.25. The van der Waals surface area contributed by atoms with Crippen molar-refractivity contribution in [2.24, 2.45) is 5.18 Å². The Hall–Kier alpha value is -2.70. The molecule has 1 aromatic carbocycles. The van der Waals surface area contributed by atoms with Gasteiger partial charge in [-0.15, -0.1) is 4.91 Å². The molecule has 1 heterocycles. The summed E-state index contributed by atoms with van der Waals surface area (Å²) in [7, 11) is 0. The number of rotatable bonds is 5. The van der Waals surface area contributed by atoms with Crippen LogP contribution in [0.4, 0.5) is 29.0 Å². The molecular formula is C14H16N6O. The highest BCUT2D eigenvalue weighted by molar-refractivity contribution is 5.78. The largest absolute Gasteiger partial charge is 0.368 e. The first-order chi connectivity index (χ1) is 10.2. The smallest absolute Gasteiger partial charge is 0.224 e. The van der Waals surface area contributed by atoms with E-state index in [1.165, 1.54) is 0 Å². The topological polar surface area (TPSA) is 105 Å². The quantitative estimate of drug-likeness (QED) is 0.729. The van der Waals surface area contributed by atoms with Crippen LogP contribution in [-0.2, 0) is 0 Å². The lowest BCUT2D eigenvalue weighted by Gasteiger charge is -2.12. The molecule has 108 valence electrons. The van der Waals surface area contributed by atoms with Crippen molar-refractivity contribution in [3.05, 3.63) is 34.7 Å². The van der Waals surface area contributed by atoms with Crippen LogP contribution in [-0.4, -0.2) is 16.0 Å². The van der Waals surface area contributed by atoms with Gasteiger partial charge in [0.05, 0.1) is 0 Å². The molecule has 1 aliphatic carbocycles. The molecule has 0 amide bonds. The Kier molecular flexibility index (Phi) is 3.39. The minimum Gasteiger partial charge on any atom is -0.368 e. The summed E-state index contributed by atoms with van der Waals surface area (Å²) in [6.07, 6.45) is 2.12. The number of aryl methyl sites for hydroxylation is 1. The molecule has 21 heavy (non-hydrogen) atoms. The Morgan fingerprint density at radius 3 is 2.48 bits per heavy atom. The molecule has 0 radical (unpaired) electrons. The average molecular weight is 284 g/mol. The van der Waals surface area contributed by atoms with Crippen LogP contribution in [0.15, 0.2) is 29.4 Å². The normalized spacial score (nSPS) is 13.8. The van der Waals surface area contributed by atoms with Crippen LogP contribution < -0.4 is 16.4 Å². The van der Waals surface area contributed by atoms with Gasteiger partial charge in [-0.3, -0.25) is 0 Å². The Labute approximate surface area is 122 Å². The van der Waals surface area contributed by atoms with Crippen LogP contribution in [0, 0.1) is 11.8 Å².